The Morgan fingerprint density at radius 2 is 2.22 bits per heavy atom. The van der Waals surface area contributed by atoms with Crippen LogP contribution < -0.4 is 11.1 Å². The Balaban J connectivity index is 1.59. The highest BCUT2D eigenvalue weighted by molar-refractivity contribution is 6.35. The van der Waals surface area contributed by atoms with Crippen LogP contribution in [0.2, 0.25) is 5.02 Å². The number of rotatable bonds is 4. The molecule has 2 aromatic rings. The van der Waals surface area contributed by atoms with E-state index in [-0.39, 0.29) is 0 Å². The number of pyridine rings is 1. The van der Waals surface area contributed by atoms with Crippen molar-refractivity contribution in [2.45, 2.75) is 25.9 Å². The number of nitrogens with two attached hydrogens (primary N) is 1. The van der Waals surface area contributed by atoms with Crippen molar-refractivity contribution in [2.75, 3.05) is 24.1 Å². The number of likely N-dealkylation sites (tertiary alicyclic amines) is 1. The monoisotopic (exact) mass is 332 g/mol. The zero-order valence-electron chi connectivity index (χ0n) is 13.1. The van der Waals surface area contributed by atoms with Gasteiger partial charge in [0.2, 0.25) is 0 Å². The van der Waals surface area contributed by atoms with Gasteiger partial charge >= 0.3 is 0 Å². The summed E-state index contributed by atoms with van der Waals surface area (Å²) in [4.78, 5) is 14.9. The van der Waals surface area contributed by atoms with Gasteiger partial charge in [-0.1, -0.05) is 24.6 Å². The van der Waals surface area contributed by atoms with Crippen LogP contribution in [-0.2, 0) is 6.54 Å². The van der Waals surface area contributed by atoms with E-state index >= 15 is 0 Å². The molecular formula is C16H21ClN6. The second kappa shape index (κ2) is 7.10. The van der Waals surface area contributed by atoms with Crippen LogP contribution >= 0.6 is 11.6 Å². The summed E-state index contributed by atoms with van der Waals surface area (Å²) in [6, 6.07) is 6.36. The van der Waals surface area contributed by atoms with Crippen LogP contribution in [0.4, 0.5) is 11.6 Å². The van der Waals surface area contributed by atoms with E-state index in [1.54, 1.807) is 0 Å². The summed E-state index contributed by atoms with van der Waals surface area (Å²) >= 11 is 6.16. The van der Waals surface area contributed by atoms with Crippen LogP contribution in [-0.4, -0.2) is 39.0 Å². The summed E-state index contributed by atoms with van der Waals surface area (Å²) in [5.74, 6) is 1.40. The first kappa shape index (κ1) is 16.0. The second-order valence-corrected chi connectivity index (χ2v) is 6.37. The third-order valence-corrected chi connectivity index (χ3v) is 4.61. The molecule has 0 aromatic carbocycles. The van der Waals surface area contributed by atoms with Crippen molar-refractivity contribution in [3.63, 3.8) is 0 Å². The van der Waals surface area contributed by atoms with Crippen LogP contribution in [0, 0.1) is 5.92 Å². The zero-order valence-corrected chi connectivity index (χ0v) is 13.9. The maximum absolute atomic E-state index is 6.16. The third kappa shape index (κ3) is 3.89. The Labute approximate surface area is 141 Å². The lowest BCUT2D eigenvalue weighted by molar-refractivity contribution is 0.163. The number of nitrogens with one attached hydrogen (secondary N) is 1. The van der Waals surface area contributed by atoms with E-state index in [0.29, 0.717) is 28.6 Å². The normalized spacial score (nSPS) is 22.0. The Morgan fingerprint density at radius 3 is 2.96 bits per heavy atom. The van der Waals surface area contributed by atoms with Crippen molar-refractivity contribution in [3.05, 3.63) is 41.4 Å². The zero-order chi connectivity index (χ0) is 16.2. The molecule has 0 spiro atoms. The maximum atomic E-state index is 6.16. The molecule has 0 amide bonds. The topological polar surface area (TPSA) is 80.0 Å². The van der Waals surface area contributed by atoms with Gasteiger partial charge in [0, 0.05) is 31.9 Å². The maximum Gasteiger partial charge on any atom is 0.150 e. The van der Waals surface area contributed by atoms with Gasteiger partial charge in [0.25, 0.3) is 0 Å². The first-order valence-corrected chi connectivity index (χ1v) is 8.16. The molecule has 3 heterocycles. The Bertz CT molecular complexity index is 650. The summed E-state index contributed by atoms with van der Waals surface area (Å²) in [5, 5.41) is 3.82. The van der Waals surface area contributed by atoms with Gasteiger partial charge in [0.05, 0.1) is 5.69 Å². The minimum Gasteiger partial charge on any atom is -0.382 e. The van der Waals surface area contributed by atoms with Crippen molar-refractivity contribution in [1.29, 1.82) is 0 Å². The van der Waals surface area contributed by atoms with E-state index in [4.69, 9.17) is 17.3 Å². The van der Waals surface area contributed by atoms with Gasteiger partial charge in [-0.2, -0.15) is 0 Å². The Kier molecular flexibility index (Phi) is 4.93. The summed E-state index contributed by atoms with van der Waals surface area (Å²) in [6.45, 7) is 5.14. The van der Waals surface area contributed by atoms with Gasteiger partial charge in [-0.3, -0.25) is 9.88 Å². The van der Waals surface area contributed by atoms with Crippen LogP contribution in [0.1, 0.15) is 19.0 Å². The molecule has 0 aliphatic carbocycles. The molecule has 0 radical (unpaired) electrons. The number of halogens is 1. The number of anilines is 2. The van der Waals surface area contributed by atoms with Crippen LogP contribution in [0.25, 0.3) is 0 Å². The van der Waals surface area contributed by atoms with Crippen molar-refractivity contribution < 1.29 is 0 Å². The highest BCUT2D eigenvalue weighted by Crippen LogP contribution is 2.27. The standard InChI is InChI=1S/C16H21ClN6/c1-11-8-23(9-12-4-2-3-6-19-12)7-5-13(11)22-16-14(17)15(18)20-10-21-16/h2-4,6,10-11,13H,5,7-9H2,1H3,(H3,18,20,21,22)/t11-,13-/m1/s1. The molecule has 0 bridgehead atoms. The molecule has 3 rings (SSSR count). The molecule has 7 heteroatoms. The number of nitrogens with zero attached hydrogens (tertiary/aromatic N) is 4. The quantitative estimate of drug-likeness (QED) is 0.895. The fourth-order valence-corrected chi connectivity index (χ4v) is 3.12. The highest BCUT2D eigenvalue weighted by atomic mass is 35.5. The summed E-state index contributed by atoms with van der Waals surface area (Å²) in [6.07, 6.45) is 4.30. The minimum absolute atomic E-state index is 0.310. The second-order valence-electron chi connectivity index (χ2n) is 5.99. The molecule has 1 aliphatic rings. The molecule has 3 N–H and O–H groups in total. The third-order valence-electron chi connectivity index (χ3n) is 4.24. The van der Waals surface area contributed by atoms with Crippen LogP contribution in [0.15, 0.2) is 30.7 Å². The molecular weight excluding hydrogens is 312 g/mol. The van der Waals surface area contributed by atoms with Gasteiger partial charge in [-0.25, -0.2) is 9.97 Å². The molecule has 1 aliphatic heterocycles. The first-order chi connectivity index (χ1) is 11.1. The lowest BCUT2D eigenvalue weighted by atomic mass is 9.93. The van der Waals surface area contributed by atoms with Gasteiger partial charge < -0.3 is 11.1 Å². The van der Waals surface area contributed by atoms with Crippen molar-refractivity contribution in [1.82, 2.24) is 19.9 Å². The first-order valence-electron chi connectivity index (χ1n) is 7.78. The Hall–Kier alpha value is -1.92. The predicted molar refractivity (Wildman–Crippen MR) is 92.2 cm³/mol. The molecule has 1 fully saturated rings. The van der Waals surface area contributed by atoms with Crippen molar-refractivity contribution >= 4 is 23.2 Å². The molecule has 2 aromatic heterocycles. The summed E-state index contributed by atoms with van der Waals surface area (Å²) in [5.41, 5.74) is 6.84. The van der Waals surface area contributed by atoms with E-state index < -0.39 is 0 Å². The minimum atomic E-state index is 0.310. The van der Waals surface area contributed by atoms with E-state index in [1.807, 2.05) is 18.3 Å². The molecule has 122 valence electrons. The fraction of sp³-hybridized carbons (Fsp3) is 0.438. The highest BCUT2D eigenvalue weighted by Gasteiger charge is 2.27. The summed E-state index contributed by atoms with van der Waals surface area (Å²) in [7, 11) is 0. The van der Waals surface area contributed by atoms with E-state index in [0.717, 1.165) is 31.7 Å². The largest absolute Gasteiger partial charge is 0.382 e. The molecule has 23 heavy (non-hydrogen) atoms. The predicted octanol–water partition coefficient (Wildman–Crippen LogP) is 2.43. The molecule has 1 saturated heterocycles. The molecule has 6 nitrogen and oxygen atoms in total. The average Bonchev–Trinajstić information content (AvgIpc) is 2.55. The fourth-order valence-electron chi connectivity index (χ4n) is 2.97. The van der Waals surface area contributed by atoms with Gasteiger partial charge in [0.1, 0.15) is 17.2 Å². The van der Waals surface area contributed by atoms with Crippen LogP contribution in [0.5, 0.6) is 0 Å². The summed E-state index contributed by atoms with van der Waals surface area (Å²) < 4.78 is 0. The number of hydrogen-bond donors (Lipinski definition) is 2. The number of nitrogen functional groups attached to an aromatic ring is 1. The smallest absolute Gasteiger partial charge is 0.150 e. The lowest BCUT2D eigenvalue weighted by Crippen LogP contribution is -2.45. The number of aromatic nitrogens is 3. The van der Waals surface area contributed by atoms with Gasteiger partial charge in [0.15, 0.2) is 5.82 Å². The Morgan fingerprint density at radius 1 is 1.35 bits per heavy atom. The molecule has 0 unspecified atom stereocenters. The van der Waals surface area contributed by atoms with Gasteiger partial charge in [-0.15, -0.1) is 0 Å². The molecule has 0 saturated carbocycles. The van der Waals surface area contributed by atoms with Gasteiger partial charge in [-0.05, 0) is 24.5 Å². The number of hydrogen-bond acceptors (Lipinski definition) is 6. The average molecular weight is 333 g/mol. The lowest BCUT2D eigenvalue weighted by Gasteiger charge is -2.37. The SMILES string of the molecule is C[C@@H]1CN(Cc2ccccn2)CC[C@H]1Nc1ncnc(N)c1Cl. The number of piperidine rings is 1. The van der Waals surface area contributed by atoms with Crippen molar-refractivity contribution in [2.24, 2.45) is 5.92 Å². The van der Waals surface area contributed by atoms with E-state index in [1.165, 1.54) is 6.33 Å². The van der Waals surface area contributed by atoms with Crippen LogP contribution in [0.3, 0.4) is 0 Å². The van der Waals surface area contributed by atoms with Crippen molar-refractivity contribution in [3.8, 4) is 0 Å². The molecule has 2 atom stereocenters. The van der Waals surface area contributed by atoms with E-state index in [2.05, 4.69) is 38.2 Å². The van der Waals surface area contributed by atoms with E-state index in [9.17, 15) is 0 Å².